The maximum Gasteiger partial charge on any atom is 0.236 e. The molecule has 0 aliphatic carbocycles. The maximum atomic E-state index is 12.2. The lowest BCUT2D eigenvalue weighted by atomic mass is 10.1. The first-order valence-corrected chi connectivity index (χ1v) is 8.23. The molecule has 1 amide bonds. The van der Waals surface area contributed by atoms with Gasteiger partial charge < -0.3 is 10.2 Å². The third-order valence-corrected chi connectivity index (χ3v) is 4.61. The predicted octanol–water partition coefficient (Wildman–Crippen LogP) is 3.50. The zero-order valence-corrected chi connectivity index (χ0v) is 13.7. The summed E-state index contributed by atoms with van der Waals surface area (Å²) in [5, 5.41) is 3.34. The molecule has 0 radical (unpaired) electrons. The molecule has 1 fully saturated rings. The summed E-state index contributed by atoms with van der Waals surface area (Å²) in [6.45, 7) is 4.35. The lowest BCUT2D eigenvalue weighted by molar-refractivity contribution is -0.130. The van der Waals surface area contributed by atoms with Crippen LogP contribution in [0.4, 0.5) is 0 Å². The zero-order chi connectivity index (χ0) is 14.4. The van der Waals surface area contributed by atoms with E-state index in [1.807, 2.05) is 23.1 Å². The number of likely N-dealkylation sites (tertiary alicyclic amines) is 1. The minimum Gasteiger partial charge on any atom is -0.342 e. The SMILES string of the molecule is C[C@@H](NCC(=O)N1CCCCCC1)c1ccccc1Br. The Morgan fingerprint density at radius 1 is 1.25 bits per heavy atom. The van der Waals surface area contributed by atoms with E-state index in [1.165, 1.54) is 18.4 Å². The first-order chi connectivity index (χ1) is 9.68. The molecule has 4 heteroatoms. The molecule has 1 heterocycles. The van der Waals surface area contributed by atoms with Crippen molar-refractivity contribution in [3.05, 3.63) is 34.3 Å². The fraction of sp³-hybridized carbons (Fsp3) is 0.562. The van der Waals surface area contributed by atoms with Crippen molar-refractivity contribution in [3.8, 4) is 0 Å². The second-order valence-electron chi connectivity index (χ2n) is 5.42. The van der Waals surface area contributed by atoms with Gasteiger partial charge in [-0.3, -0.25) is 4.79 Å². The van der Waals surface area contributed by atoms with Gasteiger partial charge in [-0.15, -0.1) is 0 Å². The molecule has 0 bridgehead atoms. The fourth-order valence-corrected chi connectivity index (χ4v) is 3.24. The second kappa shape index (κ2) is 7.79. The van der Waals surface area contributed by atoms with Gasteiger partial charge in [0, 0.05) is 23.6 Å². The van der Waals surface area contributed by atoms with Crippen molar-refractivity contribution < 1.29 is 4.79 Å². The maximum absolute atomic E-state index is 12.2. The van der Waals surface area contributed by atoms with E-state index in [0.29, 0.717) is 6.54 Å². The molecular weight excluding hydrogens is 316 g/mol. The number of nitrogens with one attached hydrogen (secondary N) is 1. The van der Waals surface area contributed by atoms with Crippen molar-refractivity contribution >= 4 is 21.8 Å². The molecule has 20 heavy (non-hydrogen) atoms. The number of amides is 1. The summed E-state index contributed by atoms with van der Waals surface area (Å²) in [5.41, 5.74) is 1.19. The van der Waals surface area contributed by atoms with E-state index in [1.54, 1.807) is 0 Å². The Kier molecular flexibility index (Phi) is 6.05. The number of carbonyl (C=O) groups excluding carboxylic acids is 1. The van der Waals surface area contributed by atoms with Crippen LogP contribution in [0.1, 0.15) is 44.2 Å². The van der Waals surface area contributed by atoms with Crippen molar-refractivity contribution in [1.82, 2.24) is 10.2 Å². The van der Waals surface area contributed by atoms with Gasteiger partial charge in [0.05, 0.1) is 6.54 Å². The molecule has 110 valence electrons. The van der Waals surface area contributed by atoms with Gasteiger partial charge in [0.25, 0.3) is 0 Å². The Morgan fingerprint density at radius 2 is 1.90 bits per heavy atom. The van der Waals surface area contributed by atoms with Crippen molar-refractivity contribution in [2.75, 3.05) is 19.6 Å². The third-order valence-electron chi connectivity index (χ3n) is 3.89. The van der Waals surface area contributed by atoms with E-state index in [-0.39, 0.29) is 11.9 Å². The number of hydrogen-bond donors (Lipinski definition) is 1. The van der Waals surface area contributed by atoms with E-state index in [0.717, 1.165) is 30.4 Å². The van der Waals surface area contributed by atoms with Crippen LogP contribution < -0.4 is 5.32 Å². The first kappa shape index (κ1) is 15.5. The van der Waals surface area contributed by atoms with Gasteiger partial charge in [0.15, 0.2) is 0 Å². The van der Waals surface area contributed by atoms with E-state index in [2.05, 4.69) is 34.2 Å². The molecule has 1 N–H and O–H groups in total. The Bertz CT molecular complexity index is 442. The molecular formula is C16H23BrN2O. The summed E-state index contributed by atoms with van der Waals surface area (Å²) >= 11 is 3.56. The van der Waals surface area contributed by atoms with Gasteiger partial charge in [0.1, 0.15) is 0 Å². The normalized spacial score (nSPS) is 17.6. The predicted molar refractivity (Wildman–Crippen MR) is 85.6 cm³/mol. The summed E-state index contributed by atoms with van der Waals surface area (Å²) in [7, 11) is 0. The number of rotatable bonds is 4. The molecule has 0 unspecified atom stereocenters. The summed E-state index contributed by atoms with van der Waals surface area (Å²) < 4.78 is 1.09. The van der Waals surface area contributed by atoms with Crippen LogP contribution in [0.5, 0.6) is 0 Å². The number of halogens is 1. The van der Waals surface area contributed by atoms with Gasteiger partial charge in [0.2, 0.25) is 5.91 Å². The molecule has 2 rings (SSSR count). The van der Waals surface area contributed by atoms with Crippen LogP contribution in [0.3, 0.4) is 0 Å². The number of benzene rings is 1. The Morgan fingerprint density at radius 3 is 2.55 bits per heavy atom. The summed E-state index contributed by atoms with van der Waals surface area (Å²) in [6, 6.07) is 8.31. The van der Waals surface area contributed by atoms with Crippen LogP contribution in [0.15, 0.2) is 28.7 Å². The Balaban J connectivity index is 1.85. The molecule has 1 saturated heterocycles. The average Bonchev–Trinajstić information content (AvgIpc) is 2.74. The Labute approximate surface area is 129 Å². The molecule has 1 aliphatic heterocycles. The van der Waals surface area contributed by atoms with Crippen LogP contribution >= 0.6 is 15.9 Å². The smallest absolute Gasteiger partial charge is 0.236 e. The van der Waals surface area contributed by atoms with Crippen LogP contribution in [-0.2, 0) is 4.79 Å². The summed E-state index contributed by atoms with van der Waals surface area (Å²) in [6.07, 6.45) is 4.80. The topological polar surface area (TPSA) is 32.3 Å². The van der Waals surface area contributed by atoms with Crippen LogP contribution in [0.2, 0.25) is 0 Å². The van der Waals surface area contributed by atoms with E-state index >= 15 is 0 Å². The molecule has 3 nitrogen and oxygen atoms in total. The van der Waals surface area contributed by atoms with Crippen molar-refractivity contribution in [1.29, 1.82) is 0 Å². The van der Waals surface area contributed by atoms with Crippen LogP contribution in [-0.4, -0.2) is 30.4 Å². The van der Waals surface area contributed by atoms with Crippen LogP contribution in [0.25, 0.3) is 0 Å². The van der Waals surface area contributed by atoms with Crippen molar-refractivity contribution in [2.45, 2.75) is 38.6 Å². The highest BCUT2D eigenvalue weighted by Gasteiger charge is 2.16. The largest absolute Gasteiger partial charge is 0.342 e. The van der Waals surface area contributed by atoms with Gasteiger partial charge in [-0.25, -0.2) is 0 Å². The fourth-order valence-electron chi connectivity index (χ4n) is 2.61. The standard InChI is InChI=1S/C16H23BrN2O/c1-13(14-8-4-5-9-15(14)17)18-12-16(20)19-10-6-2-3-7-11-19/h4-5,8-9,13,18H,2-3,6-7,10-12H2,1H3/t13-/m1/s1. The molecule has 0 spiro atoms. The minimum absolute atomic E-state index is 0.168. The lowest BCUT2D eigenvalue weighted by Gasteiger charge is -2.22. The van der Waals surface area contributed by atoms with Crippen molar-refractivity contribution in [3.63, 3.8) is 0 Å². The van der Waals surface area contributed by atoms with Gasteiger partial charge in [-0.05, 0) is 31.4 Å². The third kappa shape index (κ3) is 4.32. The molecule has 0 aromatic heterocycles. The molecule has 1 aromatic rings. The van der Waals surface area contributed by atoms with Gasteiger partial charge in [-0.2, -0.15) is 0 Å². The highest BCUT2D eigenvalue weighted by molar-refractivity contribution is 9.10. The summed E-state index contributed by atoms with van der Waals surface area (Å²) in [5.74, 6) is 0.228. The van der Waals surface area contributed by atoms with Gasteiger partial charge in [-0.1, -0.05) is 47.0 Å². The lowest BCUT2D eigenvalue weighted by Crippen LogP contribution is -2.39. The molecule has 0 saturated carbocycles. The second-order valence-corrected chi connectivity index (χ2v) is 6.27. The first-order valence-electron chi connectivity index (χ1n) is 7.44. The Hall–Kier alpha value is -0.870. The number of carbonyl (C=O) groups is 1. The minimum atomic E-state index is 0.168. The average molecular weight is 339 g/mol. The highest BCUT2D eigenvalue weighted by atomic mass is 79.9. The van der Waals surface area contributed by atoms with E-state index in [4.69, 9.17) is 0 Å². The van der Waals surface area contributed by atoms with E-state index in [9.17, 15) is 4.79 Å². The quantitative estimate of drug-likeness (QED) is 0.911. The molecule has 1 aromatic carbocycles. The highest BCUT2D eigenvalue weighted by Crippen LogP contribution is 2.22. The van der Waals surface area contributed by atoms with Gasteiger partial charge >= 0.3 is 0 Å². The zero-order valence-electron chi connectivity index (χ0n) is 12.1. The molecule has 1 atom stereocenters. The number of hydrogen-bond acceptors (Lipinski definition) is 2. The monoisotopic (exact) mass is 338 g/mol. The van der Waals surface area contributed by atoms with Crippen LogP contribution in [0, 0.1) is 0 Å². The van der Waals surface area contributed by atoms with Crippen molar-refractivity contribution in [2.24, 2.45) is 0 Å². The molecule has 1 aliphatic rings. The van der Waals surface area contributed by atoms with E-state index < -0.39 is 0 Å². The number of nitrogens with zero attached hydrogens (tertiary/aromatic N) is 1. The summed E-state index contributed by atoms with van der Waals surface area (Å²) in [4.78, 5) is 14.2.